The van der Waals surface area contributed by atoms with Gasteiger partial charge in [0.15, 0.2) is 0 Å². The predicted molar refractivity (Wildman–Crippen MR) is 59.2 cm³/mol. The van der Waals surface area contributed by atoms with E-state index in [1.165, 1.54) is 6.08 Å². The molecule has 0 saturated heterocycles. The number of hydrogen-bond acceptors (Lipinski definition) is 2. The molecule has 0 fully saturated rings. The van der Waals surface area contributed by atoms with E-state index in [0.717, 1.165) is 19.1 Å². The lowest BCUT2D eigenvalue weighted by atomic mass is 9.91. The zero-order chi connectivity index (χ0) is 11.0. The Balaban J connectivity index is 3.89. The lowest BCUT2D eigenvalue weighted by molar-refractivity contribution is -0.104. The number of rotatable bonds is 7. The molecule has 0 bridgehead atoms. The Bertz CT molecular complexity index is 173. The van der Waals surface area contributed by atoms with E-state index in [1.54, 1.807) is 7.11 Å². The number of allylic oxidation sites excluding steroid dienone is 1. The molecule has 0 aromatic rings. The average Bonchev–Trinajstić information content (AvgIpc) is 2.16. The van der Waals surface area contributed by atoms with Crippen LogP contribution in [0.4, 0.5) is 0 Å². The van der Waals surface area contributed by atoms with E-state index in [4.69, 9.17) is 4.74 Å². The quantitative estimate of drug-likeness (QED) is 0.464. The SMILES string of the molecule is COC(C/C=C/C=O)CC(C)C(C)C. The van der Waals surface area contributed by atoms with Crippen molar-refractivity contribution >= 4 is 6.29 Å². The highest BCUT2D eigenvalue weighted by Crippen LogP contribution is 2.19. The van der Waals surface area contributed by atoms with E-state index >= 15 is 0 Å². The third kappa shape index (κ3) is 5.92. The highest BCUT2D eigenvalue weighted by Gasteiger charge is 2.13. The highest BCUT2D eigenvalue weighted by atomic mass is 16.5. The molecule has 2 unspecified atom stereocenters. The van der Waals surface area contributed by atoms with Crippen molar-refractivity contribution in [1.29, 1.82) is 0 Å². The van der Waals surface area contributed by atoms with Gasteiger partial charge in [-0.2, -0.15) is 0 Å². The number of hydrogen-bond donors (Lipinski definition) is 0. The van der Waals surface area contributed by atoms with E-state index in [9.17, 15) is 4.79 Å². The first-order chi connectivity index (χ1) is 6.61. The average molecular weight is 198 g/mol. The molecule has 14 heavy (non-hydrogen) atoms. The van der Waals surface area contributed by atoms with E-state index in [2.05, 4.69) is 20.8 Å². The molecule has 0 aliphatic carbocycles. The normalized spacial score (nSPS) is 16.1. The lowest BCUT2D eigenvalue weighted by Crippen LogP contribution is -2.17. The first kappa shape index (κ1) is 13.4. The van der Waals surface area contributed by atoms with Crippen molar-refractivity contribution < 1.29 is 9.53 Å². The monoisotopic (exact) mass is 198 g/mol. The van der Waals surface area contributed by atoms with Crippen LogP contribution in [0.15, 0.2) is 12.2 Å². The molecule has 0 saturated carbocycles. The number of methoxy groups -OCH3 is 1. The topological polar surface area (TPSA) is 26.3 Å². The second-order valence-electron chi connectivity index (χ2n) is 4.11. The summed E-state index contributed by atoms with van der Waals surface area (Å²) in [5.41, 5.74) is 0. The molecule has 0 rings (SSSR count). The van der Waals surface area contributed by atoms with Crippen molar-refractivity contribution in [2.45, 2.75) is 39.7 Å². The van der Waals surface area contributed by atoms with Gasteiger partial charge in [-0.3, -0.25) is 4.79 Å². The van der Waals surface area contributed by atoms with Crippen LogP contribution in [0.25, 0.3) is 0 Å². The van der Waals surface area contributed by atoms with Gasteiger partial charge in [-0.05, 0) is 30.8 Å². The van der Waals surface area contributed by atoms with Crippen molar-refractivity contribution in [2.24, 2.45) is 11.8 Å². The van der Waals surface area contributed by atoms with Crippen molar-refractivity contribution in [2.75, 3.05) is 7.11 Å². The Labute approximate surface area is 87.3 Å². The van der Waals surface area contributed by atoms with Gasteiger partial charge < -0.3 is 4.74 Å². The summed E-state index contributed by atoms with van der Waals surface area (Å²) in [6.45, 7) is 6.68. The predicted octanol–water partition coefficient (Wildman–Crippen LogP) is 2.83. The number of aldehydes is 1. The first-order valence-corrected chi connectivity index (χ1v) is 5.24. The summed E-state index contributed by atoms with van der Waals surface area (Å²) in [6.07, 6.45) is 6.33. The maximum Gasteiger partial charge on any atom is 0.142 e. The van der Waals surface area contributed by atoms with E-state index in [-0.39, 0.29) is 6.10 Å². The van der Waals surface area contributed by atoms with Crippen LogP contribution in [0.3, 0.4) is 0 Å². The summed E-state index contributed by atoms with van der Waals surface area (Å²) < 4.78 is 5.35. The molecule has 0 radical (unpaired) electrons. The molecular weight excluding hydrogens is 176 g/mol. The zero-order valence-electron chi connectivity index (χ0n) is 9.69. The largest absolute Gasteiger partial charge is 0.381 e. The summed E-state index contributed by atoms with van der Waals surface area (Å²) in [4.78, 5) is 10.1. The molecule has 82 valence electrons. The van der Waals surface area contributed by atoms with Crippen molar-refractivity contribution in [1.82, 2.24) is 0 Å². The fraction of sp³-hybridized carbons (Fsp3) is 0.750. The maximum atomic E-state index is 10.1. The third-order valence-electron chi connectivity index (χ3n) is 2.72. The van der Waals surface area contributed by atoms with Gasteiger partial charge in [-0.1, -0.05) is 26.8 Å². The fourth-order valence-electron chi connectivity index (χ4n) is 1.26. The van der Waals surface area contributed by atoms with Gasteiger partial charge >= 0.3 is 0 Å². The Morgan fingerprint density at radius 2 is 1.93 bits per heavy atom. The molecule has 0 heterocycles. The molecule has 0 amide bonds. The molecule has 0 N–H and O–H groups in total. The van der Waals surface area contributed by atoms with Gasteiger partial charge in [0.1, 0.15) is 6.29 Å². The number of ether oxygens (including phenoxy) is 1. The molecule has 2 heteroatoms. The molecule has 0 aliphatic heterocycles. The van der Waals surface area contributed by atoms with Crippen LogP contribution in [-0.2, 0) is 9.53 Å². The molecule has 2 nitrogen and oxygen atoms in total. The first-order valence-electron chi connectivity index (χ1n) is 5.24. The molecular formula is C12H22O2. The van der Waals surface area contributed by atoms with Gasteiger partial charge in [-0.25, -0.2) is 0 Å². The zero-order valence-corrected chi connectivity index (χ0v) is 9.69. The maximum absolute atomic E-state index is 10.1. The molecule has 0 aromatic heterocycles. The minimum atomic E-state index is 0.239. The van der Waals surface area contributed by atoms with Gasteiger partial charge in [-0.15, -0.1) is 0 Å². The Hall–Kier alpha value is -0.630. The van der Waals surface area contributed by atoms with Crippen LogP contribution in [-0.4, -0.2) is 19.5 Å². The van der Waals surface area contributed by atoms with Crippen LogP contribution in [0, 0.1) is 11.8 Å². The molecule has 0 spiro atoms. The van der Waals surface area contributed by atoms with Gasteiger partial charge in [0.05, 0.1) is 6.10 Å². The molecule has 0 aromatic carbocycles. The number of carbonyl (C=O) groups excluding carboxylic acids is 1. The Morgan fingerprint density at radius 1 is 1.29 bits per heavy atom. The third-order valence-corrected chi connectivity index (χ3v) is 2.72. The fourth-order valence-corrected chi connectivity index (χ4v) is 1.26. The second kappa shape index (κ2) is 7.74. The van der Waals surface area contributed by atoms with E-state index < -0.39 is 0 Å². The summed E-state index contributed by atoms with van der Waals surface area (Å²) in [5.74, 6) is 1.34. The number of carbonyl (C=O) groups is 1. The van der Waals surface area contributed by atoms with Gasteiger partial charge in [0, 0.05) is 7.11 Å². The highest BCUT2D eigenvalue weighted by molar-refractivity contribution is 5.64. The van der Waals surface area contributed by atoms with Gasteiger partial charge in [0.25, 0.3) is 0 Å². The van der Waals surface area contributed by atoms with Gasteiger partial charge in [0.2, 0.25) is 0 Å². The Morgan fingerprint density at radius 3 is 2.36 bits per heavy atom. The van der Waals surface area contributed by atoms with E-state index in [0.29, 0.717) is 11.8 Å². The van der Waals surface area contributed by atoms with Crippen molar-refractivity contribution in [3.8, 4) is 0 Å². The standard InChI is InChI=1S/C12H22O2/c1-10(2)11(3)9-12(14-4)7-5-6-8-13/h5-6,8,10-12H,7,9H2,1-4H3/b6-5+. The smallest absolute Gasteiger partial charge is 0.142 e. The lowest BCUT2D eigenvalue weighted by Gasteiger charge is -2.21. The van der Waals surface area contributed by atoms with Crippen molar-refractivity contribution in [3.63, 3.8) is 0 Å². The minimum absolute atomic E-state index is 0.239. The molecule has 2 atom stereocenters. The van der Waals surface area contributed by atoms with Crippen LogP contribution < -0.4 is 0 Å². The van der Waals surface area contributed by atoms with Crippen LogP contribution >= 0.6 is 0 Å². The summed E-state index contributed by atoms with van der Waals surface area (Å²) >= 11 is 0. The summed E-state index contributed by atoms with van der Waals surface area (Å²) in [7, 11) is 1.73. The molecule has 0 aliphatic rings. The van der Waals surface area contributed by atoms with Crippen LogP contribution in [0.1, 0.15) is 33.6 Å². The van der Waals surface area contributed by atoms with E-state index in [1.807, 2.05) is 6.08 Å². The summed E-state index contributed by atoms with van der Waals surface area (Å²) in [5, 5.41) is 0. The summed E-state index contributed by atoms with van der Waals surface area (Å²) in [6, 6.07) is 0. The second-order valence-corrected chi connectivity index (χ2v) is 4.11. The van der Waals surface area contributed by atoms with Crippen LogP contribution in [0.2, 0.25) is 0 Å². The Kier molecular flexibility index (Phi) is 7.40. The minimum Gasteiger partial charge on any atom is -0.381 e. The van der Waals surface area contributed by atoms with Crippen LogP contribution in [0.5, 0.6) is 0 Å². The van der Waals surface area contributed by atoms with Crippen molar-refractivity contribution in [3.05, 3.63) is 12.2 Å².